The average Bonchev–Trinajstić information content (AvgIpc) is 2.88. The van der Waals surface area contributed by atoms with Gasteiger partial charge in [-0.05, 0) is 18.9 Å². The Labute approximate surface area is 112 Å². The number of aromatic nitrogens is 2. The maximum Gasteiger partial charge on any atom is 0.353 e. The molecule has 0 fully saturated rings. The fourth-order valence-electron chi connectivity index (χ4n) is 2.25. The number of fused-ring (bicyclic) bond motifs is 1. The first-order valence-electron chi connectivity index (χ1n) is 6.00. The summed E-state index contributed by atoms with van der Waals surface area (Å²) in [5.41, 5.74) is 0.198. The van der Waals surface area contributed by atoms with Gasteiger partial charge in [-0.1, -0.05) is 0 Å². The monoisotopic (exact) mass is 280 g/mol. The van der Waals surface area contributed by atoms with Crippen LogP contribution in [0, 0.1) is 11.6 Å². The summed E-state index contributed by atoms with van der Waals surface area (Å²) in [5, 5.41) is 14.9. The van der Waals surface area contributed by atoms with E-state index in [2.05, 4.69) is 10.2 Å². The van der Waals surface area contributed by atoms with Gasteiger partial charge in [-0.3, -0.25) is 5.10 Å². The van der Waals surface area contributed by atoms with E-state index in [1.165, 1.54) is 6.07 Å². The van der Waals surface area contributed by atoms with Gasteiger partial charge in [0.05, 0.1) is 17.9 Å². The highest BCUT2D eigenvalue weighted by Gasteiger charge is 2.25. The molecule has 1 aliphatic heterocycles. The van der Waals surface area contributed by atoms with E-state index in [9.17, 15) is 13.6 Å². The van der Waals surface area contributed by atoms with Gasteiger partial charge in [0, 0.05) is 11.6 Å². The highest BCUT2D eigenvalue weighted by molar-refractivity contribution is 5.87. The zero-order valence-electron chi connectivity index (χ0n) is 10.2. The molecule has 0 spiro atoms. The molecule has 0 saturated carbocycles. The molecule has 0 unspecified atom stereocenters. The Balaban J connectivity index is 2.19. The van der Waals surface area contributed by atoms with Gasteiger partial charge in [-0.25, -0.2) is 13.6 Å². The van der Waals surface area contributed by atoms with Crippen molar-refractivity contribution in [2.24, 2.45) is 0 Å². The Bertz CT molecular complexity index is 697. The SMILES string of the molecule is O=C(O)c1cc(-c2c(F)cc(F)c3c2OCCC3)n[nH]1. The van der Waals surface area contributed by atoms with Crippen LogP contribution >= 0.6 is 0 Å². The number of ether oxygens (including phenoxy) is 1. The molecule has 7 heteroatoms. The number of H-pyrrole nitrogens is 1. The zero-order valence-corrected chi connectivity index (χ0v) is 10.2. The summed E-state index contributed by atoms with van der Waals surface area (Å²) < 4.78 is 33.1. The summed E-state index contributed by atoms with van der Waals surface area (Å²) in [6.45, 7) is 0.360. The van der Waals surface area contributed by atoms with E-state index in [0.717, 1.165) is 6.07 Å². The van der Waals surface area contributed by atoms with Crippen molar-refractivity contribution in [1.29, 1.82) is 0 Å². The summed E-state index contributed by atoms with van der Waals surface area (Å²) in [5.74, 6) is -2.58. The molecule has 5 nitrogen and oxygen atoms in total. The highest BCUT2D eigenvalue weighted by Crippen LogP contribution is 2.39. The third-order valence-electron chi connectivity index (χ3n) is 3.16. The van der Waals surface area contributed by atoms with Crippen LogP contribution in [-0.4, -0.2) is 27.9 Å². The predicted octanol–water partition coefficient (Wildman–Crippen LogP) is 2.38. The molecule has 104 valence electrons. The van der Waals surface area contributed by atoms with Crippen LogP contribution in [0.2, 0.25) is 0 Å². The predicted molar refractivity (Wildman–Crippen MR) is 64.7 cm³/mol. The summed E-state index contributed by atoms with van der Waals surface area (Å²) in [6, 6.07) is 1.97. The van der Waals surface area contributed by atoms with Crippen LogP contribution in [0.5, 0.6) is 5.75 Å². The molecule has 0 atom stereocenters. The summed E-state index contributed by atoms with van der Waals surface area (Å²) in [7, 11) is 0. The molecule has 0 amide bonds. The second-order valence-electron chi connectivity index (χ2n) is 4.45. The normalized spacial score (nSPS) is 13.7. The van der Waals surface area contributed by atoms with Gasteiger partial charge in [0.2, 0.25) is 0 Å². The van der Waals surface area contributed by atoms with Crippen LogP contribution < -0.4 is 4.74 Å². The van der Waals surface area contributed by atoms with Gasteiger partial charge in [0.15, 0.2) is 0 Å². The van der Waals surface area contributed by atoms with Crippen molar-refractivity contribution in [3.8, 4) is 17.0 Å². The molecule has 2 aromatic rings. The number of hydrogen-bond donors (Lipinski definition) is 2. The molecule has 0 saturated heterocycles. The Hall–Kier alpha value is -2.44. The van der Waals surface area contributed by atoms with E-state index in [1.807, 2.05) is 0 Å². The maximum atomic E-state index is 14.0. The minimum absolute atomic E-state index is 0.00940. The van der Waals surface area contributed by atoms with Crippen LogP contribution in [0.4, 0.5) is 8.78 Å². The second kappa shape index (κ2) is 4.59. The Kier molecular flexibility index (Phi) is 2.89. The van der Waals surface area contributed by atoms with Gasteiger partial charge < -0.3 is 9.84 Å². The number of carbonyl (C=O) groups is 1. The Morgan fingerprint density at radius 1 is 1.35 bits per heavy atom. The number of halogens is 2. The fourth-order valence-corrected chi connectivity index (χ4v) is 2.25. The van der Waals surface area contributed by atoms with E-state index >= 15 is 0 Å². The van der Waals surface area contributed by atoms with Gasteiger partial charge in [0.1, 0.15) is 23.1 Å². The van der Waals surface area contributed by atoms with Gasteiger partial charge in [0.25, 0.3) is 0 Å². The number of aromatic amines is 1. The van der Waals surface area contributed by atoms with Crippen molar-refractivity contribution >= 4 is 5.97 Å². The number of nitrogens with one attached hydrogen (secondary N) is 1. The first-order valence-corrected chi connectivity index (χ1v) is 6.00. The lowest BCUT2D eigenvalue weighted by Gasteiger charge is -2.20. The number of nitrogens with zero attached hydrogens (tertiary/aromatic N) is 1. The molecule has 2 heterocycles. The topological polar surface area (TPSA) is 75.2 Å². The smallest absolute Gasteiger partial charge is 0.353 e. The average molecular weight is 280 g/mol. The van der Waals surface area contributed by atoms with Gasteiger partial charge >= 0.3 is 5.97 Å². The first-order chi connectivity index (χ1) is 9.58. The molecule has 1 aliphatic rings. The molecular formula is C13H10F2N2O3. The van der Waals surface area contributed by atoms with Crippen LogP contribution in [0.15, 0.2) is 12.1 Å². The summed E-state index contributed by atoms with van der Waals surface area (Å²) in [4.78, 5) is 10.8. The van der Waals surface area contributed by atoms with Crippen molar-refractivity contribution < 1.29 is 23.4 Å². The van der Waals surface area contributed by atoms with E-state index in [4.69, 9.17) is 9.84 Å². The van der Waals surface area contributed by atoms with Crippen LogP contribution in [0.1, 0.15) is 22.5 Å². The molecule has 1 aromatic carbocycles. The number of rotatable bonds is 2. The number of hydrogen-bond acceptors (Lipinski definition) is 3. The summed E-state index contributed by atoms with van der Waals surface area (Å²) >= 11 is 0. The Morgan fingerprint density at radius 3 is 2.85 bits per heavy atom. The third kappa shape index (κ3) is 1.91. The maximum absolute atomic E-state index is 14.0. The highest BCUT2D eigenvalue weighted by atomic mass is 19.1. The molecule has 0 radical (unpaired) electrons. The van der Waals surface area contributed by atoms with Crippen molar-refractivity contribution in [1.82, 2.24) is 10.2 Å². The van der Waals surface area contributed by atoms with Gasteiger partial charge in [-0.15, -0.1) is 0 Å². The van der Waals surface area contributed by atoms with E-state index < -0.39 is 17.6 Å². The van der Waals surface area contributed by atoms with Crippen molar-refractivity contribution in [2.45, 2.75) is 12.8 Å². The quantitative estimate of drug-likeness (QED) is 0.885. The largest absolute Gasteiger partial charge is 0.492 e. The van der Waals surface area contributed by atoms with E-state index in [1.54, 1.807) is 0 Å². The van der Waals surface area contributed by atoms with E-state index in [-0.39, 0.29) is 22.7 Å². The van der Waals surface area contributed by atoms with Crippen molar-refractivity contribution in [2.75, 3.05) is 6.61 Å². The number of aromatic carboxylic acids is 1. The third-order valence-corrected chi connectivity index (χ3v) is 3.16. The summed E-state index contributed by atoms with van der Waals surface area (Å²) in [6.07, 6.45) is 1.10. The van der Waals surface area contributed by atoms with E-state index in [0.29, 0.717) is 25.0 Å². The molecule has 0 aliphatic carbocycles. The minimum Gasteiger partial charge on any atom is -0.492 e. The zero-order chi connectivity index (χ0) is 14.3. The number of carboxylic acid groups (broad SMARTS) is 1. The van der Waals surface area contributed by atoms with Crippen LogP contribution in [0.3, 0.4) is 0 Å². The van der Waals surface area contributed by atoms with Crippen LogP contribution in [-0.2, 0) is 6.42 Å². The molecular weight excluding hydrogens is 270 g/mol. The van der Waals surface area contributed by atoms with Gasteiger partial charge in [-0.2, -0.15) is 5.10 Å². The van der Waals surface area contributed by atoms with Crippen molar-refractivity contribution in [3.05, 3.63) is 35.0 Å². The molecule has 2 N–H and O–H groups in total. The fraction of sp³-hybridized carbons (Fsp3) is 0.231. The molecule has 1 aromatic heterocycles. The molecule has 20 heavy (non-hydrogen) atoms. The second-order valence-corrected chi connectivity index (χ2v) is 4.45. The first kappa shape index (κ1) is 12.6. The minimum atomic E-state index is -1.21. The lowest BCUT2D eigenvalue weighted by molar-refractivity contribution is 0.0690. The standard InChI is InChI=1S/C13H10F2N2O3/c14-7-4-8(15)11(12-6(7)2-1-3-20-12)9-5-10(13(18)19)17-16-9/h4-5H,1-3H2,(H,16,17)(H,18,19). The lowest BCUT2D eigenvalue weighted by Crippen LogP contribution is -2.12. The molecule has 0 bridgehead atoms. The van der Waals surface area contributed by atoms with Crippen molar-refractivity contribution in [3.63, 3.8) is 0 Å². The Morgan fingerprint density at radius 2 is 2.15 bits per heavy atom. The lowest BCUT2D eigenvalue weighted by atomic mass is 9.99. The molecule has 3 rings (SSSR count). The van der Waals surface area contributed by atoms with Crippen LogP contribution in [0.25, 0.3) is 11.3 Å². The number of carboxylic acids is 1. The number of benzene rings is 1.